The zero-order valence-corrected chi connectivity index (χ0v) is 21.1. The Bertz CT molecular complexity index is 1460. The third-order valence-electron chi connectivity index (χ3n) is 7.18. The van der Waals surface area contributed by atoms with Crippen LogP contribution in [-0.2, 0) is 10.9 Å². The van der Waals surface area contributed by atoms with Crippen LogP contribution in [0.3, 0.4) is 0 Å². The van der Waals surface area contributed by atoms with Crippen LogP contribution in [0.25, 0.3) is 10.8 Å². The van der Waals surface area contributed by atoms with Gasteiger partial charge in [-0.25, -0.2) is 4.79 Å². The molecule has 0 fully saturated rings. The quantitative estimate of drug-likeness (QED) is 0.272. The summed E-state index contributed by atoms with van der Waals surface area (Å²) in [5, 5.41) is 5.90. The molecule has 4 aromatic rings. The molecule has 4 nitrogen and oxygen atoms in total. The Hall–Kier alpha value is -3.84. The van der Waals surface area contributed by atoms with Crippen molar-refractivity contribution in [2.75, 3.05) is 13.7 Å². The Balaban J connectivity index is 1.42. The number of benzene rings is 4. The number of carbonyl (C=O) groups is 1. The molecule has 4 aromatic carbocycles. The number of halogens is 3. The first-order valence-electron chi connectivity index (χ1n) is 12.5. The van der Waals surface area contributed by atoms with Gasteiger partial charge in [-0.1, -0.05) is 66.7 Å². The van der Waals surface area contributed by atoms with Gasteiger partial charge in [0.25, 0.3) is 0 Å². The standard InChI is InChI=1S/C31H28F3NO3/c1-19(23-12-7-9-20-8-3-4-10-24(20)23)35-18-22-17-27(25-11-5-6-13-29(25)38-22)21-14-15-26(30(36)37-2)28(16-21)31(32,33)34/h3-16,19,22,27,35H,17-18H2,1-2H3/t19-,22?,27?/m1/s1. The highest BCUT2D eigenvalue weighted by molar-refractivity contribution is 5.91. The molecule has 0 amide bonds. The molecule has 0 bridgehead atoms. The van der Waals surface area contributed by atoms with E-state index in [9.17, 15) is 18.0 Å². The fourth-order valence-corrected chi connectivity index (χ4v) is 5.28. The molecule has 7 heteroatoms. The van der Waals surface area contributed by atoms with Gasteiger partial charge >= 0.3 is 12.1 Å². The van der Waals surface area contributed by atoms with E-state index in [0.717, 1.165) is 24.1 Å². The summed E-state index contributed by atoms with van der Waals surface area (Å²) in [4.78, 5) is 12.0. The summed E-state index contributed by atoms with van der Waals surface area (Å²) >= 11 is 0. The van der Waals surface area contributed by atoms with Crippen LogP contribution in [0.4, 0.5) is 13.2 Å². The third kappa shape index (κ3) is 5.11. The fraction of sp³-hybridized carbons (Fsp3) is 0.258. The second-order valence-electron chi connectivity index (χ2n) is 9.56. The molecule has 0 aromatic heterocycles. The molecule has 0 saturated carbocycles. The maximum absolute atomic E-state index is 13.9. The molecule has 1 heterocycles. The van der Waals surface area contributed by atoms with E-state index in [1.165, 1.54) is 17.0 Å². The van der Waals surface area contributed by atoms with E-state index >= 15 is 0 Å². The highest BCUT2D eigenvalue weighted by atomic mass is 19.4. The number of carbonyl (C=O) groups excluding carboxylic acids is 1. The van der Waals surface area contributed by atoms with Gasteiger partial charge in [0, 0.05) is 24.1 Å². The van der Waals surface area contributed by atoms with E-state index in [1.807, 2.05) is 42.5 Å². The van der Waals surface area contributed by atoms with Gasteiger partial charge in [-0.2, -0.15) is 13.2 Å². The summed E-state index contributed by atoms with van der Waals surface area (Å²) in [6, 6.07) is 25.8. The number of esters is 1. The summed E-state index contributed by atoms with van der Waals surface area (Å²) < 4.78 is 52.6. The lowest BCUT2D eigenvalue weighted by Crippen LogP contribution is -2.37. The van der Waals surface area contributed by atoms with Gasteiger partial charge < -0.3 is 14.8 Å². The van der Waals surface area contributed by atoms with Crippen molar-refractivity contribution in [3.8, 4) is 5.75 Å². The van der Waals surface area contributed by atoms with Crippen LogP contribution in [0.15, 0.2) is 84.9 Å². The minimum Gasteiger partial charge on any atom is -0.489 e. The molecule has 0 radical (unpaired) electrons. The predicted octanol–water partition coefficient (Wildman–Crippen LogP) is 7.28. The van der Waals surface area contributed by atoms with Crippen molar-refractivity contribution in [1.82, 2.24) is 5.32 Å². The van der Waals surface area contributed by atoms with Crippen LogP contribution in [0.1, 0.15) is 57.9 Å². The first-order valence-corrected chi connectivity index (χ1v) is 12.5. The van der Waals surface area contributed by atoms with E-state index in [4.69, 9.17) is 4.74 Å². The molecule has 1 aliphatic heterocycles. The SMILES string of the molecule is COC(=O)c1ccc(C2CC(CN[C@H](C)c3cccc4ccccc34)Oc3ccccc32)cc1C(F)(F)F. The first-order chi connectivity index (χ1) is 18.3. The van der Waals surface area contributed by atoms with E-state index in [1.54, 1.807) is 6.07 Å². The Labute approximate surface area is 219 Å². The van der Waals surface area contributed by atoms with Crippen molar-refractivity contribution in [2.45, 2.75) is 37.6 Å². The highest BCUT2D eigenvalue weighted by Gasteiger charge is 2.37. The minimum absolute atomic E-state index is 0.0384. The molecular formula is C31H28F3NO3. The largest absolute Gasteiger partial charge is 0.489 e. The molecule has 0 saturated heterocycles. The van der Waals surface area contributed by atoms with Crippen LogP contribution in [0.2, 0.25) is 0 Å². The highest BCUT2D eigenvalue weighted by Crippen LogP contribution is 2.42. The molecular weight excluding hydrogens is 491 g/mol. The molecule has 0 aliphatic carbocycles. The predicted molar refractivity (Wildman–Crippen MR) is 140 cm³/mol. The summed E-state index contributed by atoms with van der Waals surface area (Å²) in [7, 11) is 1.07. The summed E-state index contributed by atoms with van der Waals surface area (Å²) in [6.07, 6.45) is -4.47. The van der Waals surface area contributed by atoms with Gasteiger partial charge in [-0.3, -0.25) is 0 Å². The molecule has 0 spiro atoms. The molecule has 2 unspecified atom stereocenters. The van der Waals surface area contributed by atoms with Crippen LogP contribution in [0.5, 0.6) is 5.75 Å². The fourth-order valence-electron chi connectivity index (χ4n) is 5.28. The Kier molecular flexibility index (Phi) is 7.13. The lowest BCUT2D eigenvalue weighted by Gasteiger charge is -2.34. The van der Waals surface area contributed by atoms with Gasteiger partial charge in [0.05, 0.1) is 18.2 Å². The van der Waals surface area contributed by atoms with Gasteiger partial charge in [0.1, 0.15) is 11.9 Å². The number of methoxy groups -OCH3 is 1. The summed E-state index contributed by atoms with van der Waals surface area (Å²) in [5.41, 5.74) is 0.984. The minimum atomic E-state index is -4.70. The molecule has 1 aliphatic rings. The topological polar surface area (TPSA) is 47.6 Å². The zero-order valence-electron chi connectivity index (χ0n) is 21.1. The molecule has 5 rings (SSSR count). The first kappa shape index (κ1) is 25.8. The van der Waals surface area contributed by atoms with Crippen molar-refractivity contribution >= 4 is 16.7 Å². The van der Waals surface area contributed by atoms with Crippen LogP contribution < -0.4 is 10.1 Å². The van der Waals surface area contributed by atoms with E-state index in [-0.39, 0.29) is 18.1 Å². The van der Waals surface area contributed by atoms with Crippen molar-refractivity contribution in [3.63, 3.8) is 0 Å². The van der Waals surface area contributed by atoms with E-state index in [0.29, 0.717) is 24.3 Å². The number of alkyl halides is 3. The number of fused-ring (bicyclic) bond motifs is 2. The number of nitrogens with one attached hydrogen (secondary N) is 1. The maximum Gasteiger partial charge on any atom is 0.417 e. The molecule has 1 N–H and O–H groups in total. The lowest BCUT2D eigenvalue weighted by molar-refractivity contribution is -0.138. The zero-order chi connectivity index (χ0) is 26.9. The third-order valence-corrected chi connectivity index (χ3v) is 7.18. The molecule has 38 heavy (non-hydrogen) atoms. The molecule has 3 atom stereocenters. The average Bonchev–Trinajstić information content (AvgIpc) is 2.94. The van der Waals surface area contributed by atoms with Crippen molar-refractivity contribution in [1.29, 1.82) is 0 Å². The Morgan fingerprint density at radius 2 is 1.76 bits per heavy atom. The Morgan fingerprint density at radius 3 is 2.55 bits per heavy atom. The van der Waals surface area contributed by atoms with Gasteiger partial charge in [-0.05, 0) is 53.4 Å². The van der Waals surface area contributed by atoms with Gasteiger partial charge in [-0.15, -0.1) is 0 Å². The van der Waals surface area contributed by atoms with Gasteiger partial charge in [0.15, 0.2) is 0 Å². The van der Waals surface area contributed by atoms with Crippen molar-refractivity contribution < 1.29 is 27.4 Å². The van der Waals surface area contributed by atoms with Crippen LogP contribution in [0, 0.1) is 0 Å². The van der Waals surface area contributed by atoms with Crippen molar-refractivity contribution in [2.24, 2.45) is 0 Å². The number of rotatable bonds is 6. The second kappa shape index (κ2) is 10.5. The monoisotopic (exact) mass is 519 g/mol. The lowest BCUT2D eigenvalue weighted by atomic mass is 9.83. The number of hydrogen-bond acceptors (Lipinski definition) is 4. The summed E-state index contributed by atoms with van der Waals surface area (Å²) in [6.45, 7) is 2.61. The second-order valence-corrected chi connectivity index (χ2v) is 9.56. The average molecular weight is 520 g/mol. The van der Waals surface area contributed by atoms with E-state index in [2.05, 4.69) is 41.2 Å². The number of para-hydroxylation sites is 1. The maximum atomic E-state index is 13.9. The van der Waals surface area contributed by atoms with Gasteiger partial charge in [0.2, 0.25) is 0 Å². The van der Waals surface area contributed by atoms with Crippen molar-refractivity contribution in [3.05, 3.63) is 113 Å². The summed E-state index contributed by atoms with van der Waals surface area (Å²) in [5.74, 6) is -0.688. The normalized spacial score (nSPS) is 17.9. The number of ether oxygens (including phenoxy) is 2. The molecule has 196 valence electrons. The van der Waals surface area contributed by atoms with Crippen LogP contribution in [-0.4, -0.2) is 25.7 Å². The van der Waals surface area contributed by atoms with Crippen LogP contribution >= 0.6 is 0 Å². The smallest absolute Gasteiger partial charge is 0.417 e. The number of hydrogen-bond donors (Lipinski definition) is 1. The Morgan fingerprint density at radius 1 is 1.03 bits per heavy atom. The van der Waals surface area contributed by atoms with E-state index < -0.39 is 23.3 Å².